The number of rotatable bonds is 4. The van der Waals surface area contributed by atoms with Crippen LogP contribution in [0.25, 0.3) is 0 Å². The molecule has 0 aromatic rings. The number of carboxylic acid groups (broad SMARTS) is 1. The molecule has 0 aromatic carbocycles. The van der Waals surface area contributed by atoms with Crippen molar-refractivity contribution in [2.24, 2.45) is 5.41 Å². The zero-order chi connectivity index (χ0) is 12.3. The first kappa shape index (κ1) is 13.0. The van der Waals surface area contributed by atoms with E-state index in [-0.39, 0.29) is 18.4 Å². The van der Waals surface area contributed by atoms with Crippen molar-refractivity contribution >= 4 is 11.9 Å². The third-order valence-corrected chi connectivity index (χ3v) is 3.00. The number of aliphatic carboxylic acids is 1. The van der Waals surface area contributed by atoms with Gasteiger partial charge in [-0.25, -0.2) is 0 Å². The predicted molar refractivity (Wildman–Crippen MR) is 58.0 cm³/mol. The van der Waals surface area contributed by atoms with Crippen LogP contribution in [0.2, 0.25) is 0 Å². The molecule has 1 aliphatic heterocycles. The lowest BCUT2D eigenvalue weighted by Gasteiger charge is -2.23. The first-order chi connectivity index (χ1) is 7.36. The molecule has 1 fully saturated rings. The van der Waals surface area contributed by atoms with Gasteiger partial charge in [0.25, 0.3) is 0 Å². The van der Waals surface area contributed by atoms with Crippen LogP contribution in [0.4, 0.5) is 0 Å². The Morgan fingerprint density at radius 2 is 2.12 bits per heavy atom. The molecule has 1 heterocycles. The quantitative estimate of drug-likeness (QED) is 0.772. The second kappa shape index (κ2) is 4.82. The molecule has 1 rings (SSSR count). The number of likely N-dealkylation sites (tertiary alicyclic amines) is 1. The van der Waals surface area contributed by atoms with E-state index >= 15 is 0 Å². The van der Waals surface area contributed by atoms with E-state index in [0.717, 1.165) is 6.42 Å². The lowest BCUT2D eigenvalue weighted by molar-refractivity contribution is -0.151. The van der Waals surface area contributed by atoms with Gasteiger partial charge in [-0.3, -0.25) is 9.59 Å². The van der Waals surface area contributed by atoms with Crippen molar-refractivity contribution in [1.29, 1.82) is 0 Å². The Morgan fingerprint density at radius 3 is 2.56 bits per heavy atom. The molecule has 0 bridgehead atoms. The number of hydrogen-bond acceptors (Lipinski definition) is 3. The number of carbonyl (C=O) groups is 2. The van der Waals surface area contributed by atoms with E-state index in [4.69, 9.17) is 9.84 Å². The van der Waals surface area contributed by atoms with Crippen molar-refractivity contribution in [2.75, 3.05) is 20.2 Å². The largest absolute Gasteiger partial charge is 0.481 e. The summed E-state index contributed by atoms with van der Waals surface area (Å²) in [5, 5.41) is 8.94. The predicted octanol–water partition coefficient (Wildman–Crippen LogP) is 0.735. The number of carbonyl (C=O) groups excluding carboxylic acids is 1. The maximum atomic E-state index is 11.8. The summed E-state index contributed by atoms with van der Waals surface area (Å²) >= 11 is 0. The minimum atomic E-state index is -0.998. The van der Waals surface area contributed by atoms with Gasteiger partial charge < -0.3 is 14.7 Å². The van der Waals surface area contributed by atoms with Gasteiger partial charge in [0.2, 0.25) is 5.91 Å². The lowest BCUT2D eigenvalue weighted by atomic mass is 9.89. The van der Waals surface area contributed by atoms with Crippen LogP contribution in [0, 0.1) is 5.41 Å². The van der Waals surface area contributed by atoms with E-state index in [1.807, 2.05) is 0 Å². The summed E-state index contributed by atoms with van der Waals surface area (Å²) in [4.78, 5) is 24.4. The summed E-state index contributed by atoms with van der Waals surface area (Å²) in [6, 6.07) is 0. The zero-order valence-electron chi connectivity index (χ0n) is 10.0. The molecule has 1 aliphatic rings. The highest BCUT2D eigenvalue weighted by atomic mass is 16.5. The van der Waals surface area contributed by atoms with E-state index in [2.05, 4.69) is 0 Å². The fraction of sp³-hybridized carbons (Fsp3) is 0.818. The standard InChI is InChI=1S/C11H19NO4/c1-11(2,10(14)15)6-9(13)12-5-4-8(7-12)16-3/h8H,4-7H2,1-3H3,(H,14,15). The minimum absolute atomic E-state index is 0.0404. The molecular formula is C11H19NO4. The third-order valence-electron chi connectivity index (χ3n) is 3.00. The fourth-order valence-corrected chi connectivity index (χ4v) is 1.71. The summed E-state index contributed by atoms with van der Waals surface area (Å²) in [6.07, 6.45) is 0.964. The summed E-state index contributed by atoms with van der Waals surface area (Å²) in [6.45, 7) is 4.37. The molecule has 5 nitrogen and oxygen atoms in total. The van der Waals surface area contributed by atoms with Crippen LogP contribution < -0.4 is 0 Å². The van der Waals surface area contributed by atoms with Crippen LogP contribution in [0.5, 0.6) is 0 Å². The van der Waals surface area contributed by atoms with E-state index in [9.17, 15) is 9.59 Å². The molecule has 0 saturated carbocycles. The molecule has 1 N–H and O–H groups in total. The van der Waals surface area contributed by atoms with E-state index in [1.54, 1.807) is 25.9 Å². The van der Waals surface area contributed by atoms with Crippen molar-refractivity contribution in [3.63, 3.8) is 0 Å². The molecule has 1 amide bonds. The number of amides is 1. The zero-order valence-corrected chi connectivity index (χ0v) is 10.0. The van der Waals surface area contributed by atoms with Gasteiger partial charge >= 0.3 is 5.97 Å². The van der Waals surface area contributed by atoms with Crippen LogP contribution >= 0.6 is 0 Å². The van der Waals surface area contributed by atoms with Crippen molar-refractivity contribution in [3.8, 4) is 0 Å². The summed E-state index contributed by atoms with van der Waals surface area (Å²) in [5.41, 5.74) is -0.998. The molecular weight excluding hydrogens is 210 g/mol. The Hall–Kier alpha value is -1.10. The molecule has 0 aromatic heterocycles. The maximum Gasteiger partial charge on any atom is 0.309 e. The average molecular weight is 229 g/mol. The summed E-state index contributed by atoms with van der Waals surface area (Å²) in [7, 11) is 1.62. The minimum Gasteiger partial charge on any atom is -0.481 e. The highest BCUT2D eigenvalue weighted by molar-refractivity contribution is 5.84. The van der Waals surface area contributed by atoms with Gasteiger partial charge in [0, 0.05) is 26.6 Å². The molecule has 1 unspecified atom stereocenters. The smallest absolute Gasteiger partial charge is 0.309 e. The van der Waals surface area contributed by atoms with Gasteiger partial charge in [0.15, 0.2) is 0 Å². The van der Waals surface area contributed by atoms with Crippen LogP contribution in [0.15, 0.2) is 0 Å². The highest BCUT2D eigenvalue weighted by Gasteiger charge is 2.34. The molecule has 0 spiro atoms. The monoisotopic (exact) mass is 229 g/mol. The number of methoxy groups -OCH3 is 1. The SMILES string of the molecule is COC1CCN(C(=O)CC(C)(C)C(=O)O)C1. The van der Waals surface area contributed by atoms with Crippen LogP contribution in [0.1, 0.15) is 26.7 Å². The van der Waals surface area contributed by atoms with Crippen LogP contribution in [-0.2, 0) is 14.3 Å². The van der Waals surface area contributed by atoms with Crippen LogP contribution in [0.3, 0.4) is 0 Å². The fourth-order valence-electron chi connectivity index (χ4n) is 1.71. The van der Waals surface area contributed by atoms with Crippen LogP contribution in [-0.4, -0.2) is 48.2 Å². The second-order valence-corrected chi connectivity index (χ2v) is 4.85. The molecule has 1 atom stereocenters. The maximum absolute atomic E-state index is 11.8. The molecule has 1 saturated heterocycles. The Bertz CT molecular complexity index is 288. The van der Waals surface area contributed by atoms with Crippen molar-refractivity contribution < 1.29 is 19.4 Å². The molecule has 92 valence electrons. The van der Waals surface area contributed by atoms with Gasteiger partial charge in [-0.05, 0) is 20.3 Å². The topological polar surface area (TPSA) is 66.8 Å². The van der Waals surface area contributed by atoms with E-state index in [0.29, 0.717) is 13.1 Å². The van der Waals surface area contributed by atoms with Crippen molar-refractivity contribution in [3.05, 3.63) is 0 Å². The molecule has 5 heteroatoms. The Kier molecular flexibility index (Phi) is 3.91. The number of carboxylic acids is 1. The molecule has 16 heavy (non-hydrogen) atoms. The molecule has 0 radical (unpaired) electrons. The first-order valence-corrected chi connectivity index (χ1v) is 5.41. The van der Waals surface area contributed by atoms with E-state index in [1.165, 1.54) is 0 Å². The third kappa shape index (κ3) is 2.95. The first-order valence-electron chi connectivity index (χ1n) is 5.41. The lowest BCUT2D eigenvalue weighted by Crippen LogP contribution is -2.36. The number of ether oxygens (including phenoxy) is 1. The Labute approximate surface area is 95.4 Å². The van der Waals surface area contributed by atoms with Gasteiger partial charge in [-0.1, -0.05) is 0 Å². The molecule has 0 aliphatic carbocycles. The van der Waals surface area contributed by atoms with Gasteiger partial charge in [-0.2, -0.15) is 0 Å². The Balaban J connectivity index is 2.51. The van der Waals surface area contributed by atoms with Crippen molar-refractivity contribution in [1.82, 2.24) is 4.90 Å². The van der Waals surface area contributed by atoms with Gasteiger partial charge in [0.1, 0.15) is 0 Å². The Morgan fingerprint density at radius 1 is 1.50 bits per heavy atom. The van der Waals surface area contributed by atoms with E-state index < -0.39 is 11.4 Å². The van der Waals surface area contributed by atoms with Crippen molar-refractivity contribution in [2.45, 2.75) is 32.8 Å². The number of hydrogen-bond donors (Lipinski definition) is 1. The van der Waals surface area contributed by atoms with Gasteiger partial charge in [0.05, 0.1) is 11.5 Å². The average Bonchev–Trinajstić information content (AvgIpc) is 2.64. The highest BCUT2D eigenvalue weighted by Crippen LogP contribution is 2.23. The summed E-state index contributed by atoms with van der Waals surface area (Å²) < 4.78 is 5.16. The summed E-state index contributed by atoms with van der Waals surface area (Å²) in [5.74, 6) is -1.05. The van der Waals surface area contributed by atoms with Gasteiger partial charge in [-0.15, -0.1) is 0 Å². The second-order valence-electron chi connectivity index (χ2n) is 4.85. The number of nitrogens with zero attached hydrogens (tertiary/aromatic N) is 1. The normalized spacial score (nSPS) is 21.2.